The molecule has 3 heterocycles. The van der Waals surface area contributed by atoms with Gasteiger partial charge in [0, 0.05) is 45.1 Å². The molecule has 2 aliphatic heterocycles. The van der Waals surface area contributed by atoms with Gasteiger partial charge in [0.15, 0.2) is 0 Å². The standard InChI is InChI=1S/C23H32N6O/c1-17(2)18-5-6-20(27-23(30)19-4-3-7-24-15-19)21(14-18)28-10-12-29(13-11-28)22-16-25-8-9-26-22/h5-6,8-9,14,16-17,19,24H,3-4,7,10-13,15H2,1-2H3,(H,27,30). The Bertz CT molecular complexity index is 842. The summed E-state index contributed by atoms with van der Waals surface area (Å²) in [6.07, 6.45) is 7.27. The van der Waals surface area contributed by atoms with E-state index in [1.807, 2.05) is 6.20 Å². The van der Waals surface area contributed by atoms with Crippen LogP contribution in [0, 0.1) is 5.92 Å². The van der Waals surface area contributed by atoms with Gasteiger partial charge in [0.2, 0.25) is 5.91 Å². The van der Waals surface area contributed by atoms with Gasteiger partial charge >= 0.3 is 0 Å². The van der Waals surface area contributed by atoms with Crippen LogP contribution in [0.15, 0.2) is 36.8 Å². The Morgan fingerprint density at radius 3 is 2.63 bits per heavy atom. The molecule has 0 aliphatic carbocycles. The molecule has 2 fully saturated rings. The quantitative estimate of drug-likeness (QED) is 0.793. The summed E-state index contributed by atoms with van der Waals surface area (Å²) in [6.45, 7) is 9.71. The molecule has 0 bridgehead atoms. The molecule has 1 amide bonds. The number of anilines is 3. The fourth-order valence-corrected chi connectivity index (χ4v) is 4.22. The van der Waals surface area contributed by atoms with Crippen LogP contribution in [0.4, 0.5) is 17.2 Å². The lowest BCUT2D eigenvalue weighted by Crippen LogP contribution is -2.47. The third-order valence-electron chi connectivity index (χ3n) is 6.11. The summed E-state index contributed by atoms with van der Waals surface area (Å²) in [5, 5.41) is 6.57. The van der Waals surface area contributed by atoms with Crippen LogP contribution in [0.1, 0.15) is 38.2 Å². The molecule has 0 radical (unpaired) electrons. The average Bonchev–Trinajstić information content (AvgIpc) is 2.80. The van der Waals surface area contributed by atoms with Crippen molar-refractivity contribution in [2.75, 3.05) is 54.4 Å². The van der Waals surface area contributed by atoms with Gasteiger partial charge < -0.3 is 20.4 Å². The number of nitrogens with one attached hydrogen (secondary N) is 2. The van der Waals surface area contributed by atoms with E-state index < -0.39 is 0 Å². The van der Waals surface area contributed by atoms with Gasteiger partial charge in [-0.05, 0) is 43.0 Å². The lowest BCUT2D eigenvalue weighted by atomic mass is 9.98. The highest BCUT2D eigenvalue weighted by Crippen LogP contribution is 2.32. The molecule has 160 valence electrons. The van der Waals surface area contributed by atoms with Crippen molar-refractivity contribution in [1.29, 1.82) is 0 Å². The second-order valence-electron chi connectivity index (χ2n) is 8.50. The molecule has 2 saturated heterocycles. The SMILES string of the molecule is CC(C)c1ccc(NC(=O)C2CCCNC2)c(N2CCN(c3cnccn3)CC2)c1. The van der Waals surface area contributed by atoms with Gasteiger partial charge in [-0.25, -0.2) is 4.98 Å². The second kappa shape index (κ2) is 9.43. The van der Waals surface area contributed by atoms with E-state index in [0.29, 0.717) is 5.92 Å². The highest BCUT2D eigenvalue weighted by Gasteiger charge is 2.25. The van der Waals surface area contributed by atoms with E-state index in [1.54, 1.807) is 12.4 Å². The summed E-state index contributed by atoms with van der Waals surface area (Å²) in [7, 11) is 0. The van der Waals surface area contributed by atoms with E-state index in [0.717, 1.165) is 69.3 Å². The molecule has 2 N–H and O–H groups in total. The largest absolute Gasteiger partial charge is 0.366 e. The zero-order chi connectivity index (χ0) is 20.9. The maximum Gasteiger partial charge on any atom is 0.228 e. The summed E-state index contributed by atoms with van der Waals surface area (Å²) in [5.74, 6) is 1.53. The maximum atomic E-state index is 12.9. The van der Waals surface area contributed by atoms with Gasteiger partial charge in [0.1, 0.15) is 5.82 Å². The van der Waals surface area contributed by atoms with Gasteiger partial charge in [-0.1, -0.05) is 19.9 Å². The summed E-state index contributed by atoms with van der Waals surface area (Å²) < 4.78 is 0. The molecule has 7 heteroatoms. The predicted molar refractivity (Wildman–Crippen MR) is 121 cm³/mol. The predicted octanol–water partition coefficient (Wildman–Crippen LogP) is 2.86. The van der Waals surface area contributed by atoms with E-state index in [9.17, 15) is 4.79 Å². The Kier molecular flexibility index (Phi) is 6.47. The molecular weight excluding hydrogens is 376 g/mol. The summed E-state index contributed by atoms with van der Waals surface area (Å²) in [4.78, 5) is 26.1. The molecule has 1 aromatic heterocycles. The molecule has 2 aromatic rings. The van der Waals surface area contributed by atoms with Crippen LogP contribution < -0.4 is 20.4 Å². The summed E-state index contributed by atoms with van der Waals surface area (Å²) in [6, 6.07) is 6.46. The number of hydrogen-bond acceptors (Lipinski definition) is 6. The fourth-order valence-electron chi connectivity index (χ4n) is 4.22. The Morgan fingerprint density at radius 2 is 1.97 bits per heavy atom. The summed E-state index contributed by atoms with van der Waals surface area (Å²) in [5.41, 5.74) is 3.33. The first-order valence-electron chi connectivity index (χ1n) is 11.0. The molecule has 1 atom stereocenters. The van der Waals surface area contributed by atoms with E-state index in [-0.39, 0.29) is 11.8 Å². The van der Waals surface area contributed by atoms with Crippen molar-refractivity contribution in [2.45, 2.75) is 32.6 Å². The molecular formula is C23H32N6O. The first kappa shape index (κ1) is 20.6. The van der Waals surface area contributed by atoms with Crippen molar-refractivity contribution in [3.8, 4) is 0 Å². The highest BCUT2D eigenvalue weighted by molar-refractivity contribution is 5.96. The van der Waals surface area contributed by atoms with Gasteiger partial charge in [0.25, 0.3) is 0 Å². The average molecular weight is 409 g/mol. The first-order chi connectivity index (χ1) is 14.6. The minimum absolute atomic E-state index is 0.0462. The number of amides is 1. The molecule has 0 spiro atoms. The van der Waals surface area contributed by atoms with Crippen LogP contribution >= 0.6 is 0 Å². The molecule has 2 aliphatic rings. The second-order valence-corrected chi connectivity index (χ2v) is 8.50. The lowest BCUT2D eigenvalue weighted by molar-refractivity contribution is -0.120. The Morgan fingerprint density at radius 1 is 1.17 bits per heavy atom. The van der Waals surface area contributed by atoms with Crippen LogP contribution in [0.25, 0.3) is 0 Å². The molecule has 1 aromatic carbocycles. The minimum atomic E-state index is 0.0462. The number of aromatic nitrogens is 2. The zero-order valence-corrected chi connectivity index (χ0v) is 18.0. The number of benzene rings is 1. The van der Waals surface area contributed by atoms with Crippen LogP contribution in [0.3, 0.4) is 0 Å². The van der Waals surface area contributed by atoms with Crippen molar-refractivity contribution in [2.24, 2.45) is 5.92 Å². The van der Waals surface area contributed by atoms with E-state index in [4.69, 9.17) is 0 Å². The number of piperazine rings is 1. The van der Waals surface area contributed by atoms with Crippen molar-refractivity contribution >= 4 is 23.1 Å². The normalized spacial score (nSPS) is 19.8. The van der Waals surface area contributed by atoms with Crippen LogP contribution in [0.2, 0.25) is 0 Å². The number of rotatable bonds is 5. The van der Waals surface area contributed by atoms with Gasteiger partial charge in [-0.2, -0.15) is 0 Å². The van der Waals surface area contributed by atoms with Crippen LogP contribution in [-0.4, -0.2) is 55.1 Å². The third-order valence-corrected chi connectivity index (χ3v) is 6.11. The number of piperidine rings is 1. The van der Waals surface area contributed by atoms with Crippen molar-refractivity contribution in [1.82, 2.24) is 15.3 Å². The molecule has 4 rings (SSSR count). The monoisotopic (exact) mass is 408 g/mol. The molecule has 30 heavy (non-hydrogen) atoms. The van der Waals surface area contributed by atoms with Gasteiger partial charge in [-0.3, -0.25) is 9.78 Å². The number of carbonyl (C=O) groups excluding carboxylic acids is 1. The van der Waals surface area contributed by atoms with Gasteiger partial charge in [0.05, 0.1) is 23.5 Å². The third kappa shape index (κ3) is 4.73. The molecule has 0 saturated carbocycles. The van der Waals surface area contributed by atoms with E-state index >= 15 is 0 Å². The minimum Gasteiger partial charge on any atom is -0.366 e. The number of carbonyl (C=O) groups is 1. The number of hydrogen-bond donors (Lipinski definition) is 2. The van der Waals surface area contributed by atoms with Crippen molar-refractivity contribution in [3.63, 3.8) is 0 Å². The molecule has 1 unspecified atom stereocenters. The highest BCUT2D eigenvalue weighted by atomic mass is 16.1. The summed E-state index contributed by atoms with van der Waals surface area (Å²) >= 11 is 0. The Hall–Kier alpha value is -2.67. The van der Waals surface area contributed by atoms with E-state index in [2.05, 4.69) is 62.4 Å². The fraction of sp³-hybridized carbons (Fsp3) is 0.522. The van der Waals surface area contributed by atoms with Crippen molar-refractivity contribution < 1.29 is 4.79 Å². The number of nitrogens with zero attached hydrogens (tertiary/aromatic N) is 4. The topological polar surface area (TPSA) is 73.4 Å². The van der Waals surface area contributed by atoms with E-state index in [1.165, 1.54) is 5.56 Å². The molecule has 7 nitrogen and oxygen atoms in total. The van der Waals surface area contributed by atoms with Crippen LogP contribution in [0.5, 0.6) is 0 Å². The maximum absolute atomic E-state index is 12.9. The Balaban J connectivity index is 1.50. The first-order valence-corrected chi connectivity index (χ1v) is 11.0. The smallest absolute Gasteiger partial charge is 0.228 e. The van der Waals surface area contributed by atoms with Crippen molar-refractivity contribution in [3.05, 3.63) is 42.4 Å². The van der Waals surface area contributed by atoms with Gasteiger partial charge in [-0.15, -0.1) is 0 Å². The van der Waals surface area contributed by atoms with Crippen LogP contribution in [-0.2, 0) is 4.79 Å². The zero-order valence-electron chi connectivity index (χ0n) is 18.0. The lowest BCUT2D eigenvalue weighted by Gasteiger charge is -2.37. The Labute approximate surface area is 178 Å².